The van der Waals surface area contributed by atoms with Crippen LogP contribution in [0.2, 0.25) is 0 Å². The van der Waals surface area contributed by atoms with E-state index in [0.717, 1.165) is 40.7 Å². The van der Waals surface area contributed by atoms with E-state index >= 15 is 0 Å². The first-order chi connectivity index (χ1) is 15.0. The van der Waals surface area contributed by atoms with Crippen LogP contribution in [0.1, 0.15) is 48.7 Å². The van der Waals surface area contributed by atoms with Gasteiger partial charge in [0, 0.05) is 17.1 Å². The number of fused-ring (bicyclic) bond motifs is 3. The Kier molecular flexibility index (Phi) is 5.09. The third kappa shape index (κ3) is 3.76. The molecule has 5 rings (SSSR count). The van der Waals surface area contributed by atoms with Gasteiger partial charge in [-0.3, -0.25) is 14.0 Å². The lowest BCUT2D eigenvalue weighted by atomic mass is 9.97. The molecule has 3 aromatic heterocycles. The molecule has 0 radical (unpaired) electrons. The SMILES string of the molecule is CC(C)n1c(Nc2cnn(Cc3cccc(F)c3)c2)nc2sc3c(c2c1=O)CCCC3. The van der Waals surface area contributed by atoms with Gasteiger partial charge in [0.05, 0.1) is 23.8 Å². The van der Waals surface area contributed by atoms with Crippen LogP contribution in [0, 0.1) is 5.82 Å². The van der Waals surface area contributed by atoms with E-state index < -0.39 is 0 Å². The monoisotopic (exact) mass is 437 g/mol. The summed E-state index contributed by atoms with van der Waals surface area (Å²) in [6, 6.07) is 6.44. The highest BCUT2D eigenvalue weighted by Crippen LogP contribution is 2.35. The van der Waals surface area contributed by atoms with Crippen LogP contribution in [0.15, 0.2) is 41.5 Å². The van der Waals surface area contributed by atoms with E-state index in [2.05, 4.69) is 10.4 Å². The Morgan fingerprint density at radius 3 is 2.90 bits per heavy atom. The molecule has 1 aromatic carbocycles. The summed E-state index contributed by atoms with van der Waals surface area (Å²) in [5, 5.41) is 8.45. The highest BCUT2D eigenvalue weighted by Gasteiger charge is 2.23. The fourth-order valence-corrected chi connectivity index (χ4v) is 5.50. The van der Waals surface area contributed by atoms with E-state index in [-0.39, 0.29) is 17.4 Å². The van der Waals surface area contributed by atoms with Crippen LogP contribution >= 0.6 is 11.3 Å². The number of halogens is 1. The first kappa shape index (κ1) is 19.9. The van der Waals surface area contributed by atoms with Gasteiger partial charge in [-0.15, -0.1) is 11.3 Å². The maximum atomic E-state index is 13.5. The second kappa shape index (κ2) is 7.92. The molecule has 160 valence electrons. The quantitative estimate of drug-likeness (QED) is 0.475. The van der Waals surface area contributed by atoms with Gasteiger partial charge in [-0.1, -0.05) is 12.1 Å². The standard InChI is InChI=1S/C23H24FN5OS/c1-14(2)29-22(30)20-18-8-3-4-9-19(18)31-21(20)27-23(29)26-17-11-25-28(13-17)12-15-6-5-7-16(24)10-15/h5-7,10-11,13-14H,3-4,8-9,12H2,1-2H3,(H,26,27). The van der Waals surface area contributed by atoms with Gasteiger partial charge in [0.2, 0.25) is 5.95 Å². The Morgan fingerprint density at radius 1 is 1.26 bits per heavy atom. The fourth-order valence-electron chi connectivity index (χ4n) is 4.25. The van der Waals surface area contributed by atoms with Crippen molar-refractivity contribution >= 4 is 33.2 Å². The number of aromatic nitrogens is 4. The third-order valence-corrected chi connectivity index (χ3v) is 6.85. The van der Waals surface area contributed by atoms with Gasteiger partial charge in [0.25, 0.3) is 5.56 Å². The lowest BCUT2D eigenvalue weighted by molar-refractivity contribution is 0.582. The smallest absolute Gasteiger partial charge is 0.264 e. The van der Waals surface area contributed by atoms with E-state index in [9.17, 15) is 9.18 Å². The third-order valence-electron chi connectivity index (χ3n) is 5.66. The minimum Gasteiger partial charge on any atom is -0.323 e. The molecule has 0 amide bonds. The number of thiophene rings is 1. The number of hydrogen-bond acceptors (Lipinski definition) is 5. The maximum Gasteiger partial charge on any atom is 0.264 e. The van der Waals surface area contributed by atoms with E-state index in [1.54, 1.807) is 32.8 Å². The van der Waals surface area contributed by atoms with Crippen LogP contribution < -0.4 is 10.9 Å². The summed E-state index contributed by atoms with van der Waals surface area (Å²) in [6.07, 6.45) is 7.83. The summed E-state index contributed by atoms with van der Waals surface area (Å²) in [4.78, 5) is 20.4. The first-order valence-corrected chi connectivity index (χ1v) is 11.4. The molecule has 0 bridgehead atoms. The Morgan fingerprint density at radius 2 is 2.10 bits per heavy atom. The largest absolute Gasteiger partial charge is 0.323 e. The van der Waals surface area contributed by atoms with Crippen LogP contribution in [0.4, 0.5) is 16.0 Å². The molecule has 0 unspecified atom stereocenters. The molecule has 1 aliphatic carbocycles. The molecule has 0 aliphatic heterocycles. The van der Waals surface area contributed by atoms with Crippen molar-refractivity contribution in [3.8, 4) is 0 Å². The fraction of sp³-hybridized carbons (Fsp3) is 0.348. The van der Waals surface area contributed by atoms with Crippen LogP contribution in [0.3, 0.4) is 0 Å². The Hall–Kier alpha value is -3.00. The zero-order chi connectivity index (χ0) is 21.5. The normalized spacial score (nSPS) is 13.7. The zero-order valence-electron chi connectivity index (χ0n) is 17.6. The number of anilines is 2. The van der Waals surface area contributed by atoms with Crippen molar-refractivity contribution in [1.82, 2.24) is 19.3 Å². The van der Waals surface area contributed by atoms with Gasteiger partial charge in [-0.05, 0) is 62.8 Å². The summed E-state index contributed by atoms with van der Waals surface area (Å²) < 4.78 is 16.9. The molecule has 4 aromatic rings. The van der Waals surface area contributed by atoms with Crippen molar-refractivity contribution in [1.29, 1.82) is 0 Å². The van der Waals surface area contributed by atoms with Gasteiger partial charge >= 0.3 is 0 Å². The molecule has 1 aliphatic rings. The number of nitrogens with zero attached hydrogens (tertiary/aromatic N) is 4. The number of nitrogens with one attached hydrogen (secondary N) is 1. The number of benzene rings is 1. The molecule has 3 heterocycles. The first-order valence-electron chi connectivity index (χ1n) is 10.6. The predicted molar refractivity (Wildman–Crippen MR) is 122 cm³/mol. The molecule has 0 saturated heterocycles. The second-order valence-corrected chi connectivity index (χ2v) is 9.36. The summed E-state index contributed by atoms with van der Waals surface area (Å²) >= 11 is 1.65. The second-order valence-electron chi connectivity index (χ2n) is 8.28. The molecular weight excluding hydrogens is 413 g/mol. The molecule has 0 fully saturated rings. The Labute approximate surface area is 183 Å². The van der Waals surface area contributed by atoms with Crippen molar-refractivity contribution < 1.29 is 4.39 Å². The van der Waals surface area contributed by atoms with Crippen molar-refractivity contribution in [3.63, 3.8) is 0 Å². The van der Waals surface area contributed by atoms with Crippen molar-refractivity contribution in [2.75, 3.05) is 5.32 Å². The van der Waals surface area contributed by atoms with Gasteiger partial charge in [0.15, 0.2) is 0 Å². The summed E-state index contributed by atoms with van der Waals surface area (Å²) in [7, 11) is 0. The molecule has 0 spiro atoms. The van der Waals surface area contributed by atoms with E-state index in [0.29, 0.717) is 12.5 Å². The predicted octanol–water partition coefficient (Wildman–Crippen LogP) is 5.05. The van der Waals surface area contributed by atoms with Crippen molar-refractivity contribution in [3.05, 3.63) is 68.8 Å². The molecular formula is C23H24FN5OS. The van der Waals surface area contributed by atoms with E-state index in [1.807, 2.05) is 26.1 Å². The van der Waals surface area contributed by atoms with Gasteiger partial charge in [0.1, 0.15) is 10.6 Å². The van der Waals surface area contributed by atoms with E-state index in [4.69, 9.17) is 4.98 Å². The highest BCUT2D eigenvalue weighted by atomic mass is 32.1. The molecule has 0 atom stereocenters. The number of hydrogen-bond donors (Lipinski definition) is 1. The number of aryl methyl sites for hydroxylation is 2. The van der Waals surface area contributed by atoms with Crippen molar-refractivity contribution in [2.24, 2.45) is 0 Å². The Balaban J connectivity index is 1.50. The molecule has 0 saturated carbocycles. The molecule has 6 nitrogen and oxygen atoms in total. The zero-order valence-corrected chi connectivity index (χ0v) is 18.4. The minimum atomic E-state index is -0.264. The average molecular weight is 438 g/mol. The van der Waals surface area contributed by atoms with Gasteiger partial charge < -0.3 is 5.32 Å². The summed E-state index contributed by atoms with van der Waals surface area (Å²) in [5.41, 5.74) is 2.79. The van der Waals surface area contributed by atoms with Crippen LogP contribution in [-0.4, -0.2) is 19.3 Å². The molecule has 8 heteroatoms. The average Bonchev–Trinajstić information content (AvgIpc) is 3.31. The molecule has 31 heavy (non-hydrogen) atoms. The summed E-state index contributed by atoms with van der Waals surface area (Å²) in [6.45, 7) is 4.44. The van der Waals surface area contributed by atoms with E-state index in [1.165, 1.54) is 29.0 Å². The lowest BCUT2D eigenvalue weighted by Gasteiger charge is -2.16. The van der Waals surface area contributed by atoms with Crippen molar-refractivity contribution in [2.45, 2.75) is 52.1 Å². The lowest BCUT2D eigenvalue weighted by Crippen LogP contribution is -2.26. The van der Waals surface area contributed by atoms with Gasteiger partial charge in [-0.2, -0.15) is 5.10 Å². The maximum absolute atomic E-state index is 13.5. The van der Waals surface area contributed by atoms with Gasteiger partial charge in [-0.25, -0.2) is 9.37 Å². The van der Waals surface area contributed by atoms with Crippen LogP contribution in [0.5, 0.6) is 0 Å². The minimum absolute atomic E-state index is 0.0223. The van der Waals surface area contributed by atoms with Crippen LogP contribution in [0.25, 0.3) is 10.2 Å². The van der Waals surface area contributed by atoms with Crippen LogP contribution in [-0.2, 0) is 19.4 Å². The number of rotatable bonds is 5. The molecule has 1 N–H and O–H groups in total. The Bertz CT molecular complexity index is 1320. The topological polar surface area (TPSA) is 64.7 Å². The summed E-state index contributed by atoms with van der Waals surface area (Å²) in [5.74, 6) is 0.261. The highest BCUT2D eigenvalue weighted by molar-refractivity contribution is 7.18.